The van der Waals surface area contributed by atoms with Gasteiger partial charge in [0.05, 0.1) is 21.8 Å². The minimum Gasteiger partial charge on any atom is -0.352 e. The number of nitrogens with one attached hydrogen (secondary N) is 3. The Bertz CT molecular complexity index is 1400. The van der Waals surface area contributed by atoms with Crippen LogP contribution in [0.1, 0.15) is 69.9 Å². The molecule has 2 heterocycles. The predicted octanol–water partition coefficient (Wildman–Crippen LogP) is 5.91. The van der Waals surface area contributed by atoms with Crippen LogP contribution in [0.5, 0.6) is 0 Å². The van der Waals surface area contributed by atoms with Crippen LogP contribution < -0.4 is 16.0 Å². The number of fused-ring (bicyclic) bond motifs is 2. The first kappa shape index (κ1) is 31.3. The van der Waals surface area contributed by atoms with Crippen molar-refractivity contribution in [2.75, 3.05) is 5.32 Å². The van der Waals surface area contributed by atoms with Gasteiger partial charge in [-0.3, -0.25) is 9.59 Å². The second-order valence-electron chi connectivity index (χ2n) is 12.5. The summed E-state index contributed by atoms with van der Waals surface area (Å²) in [6.07, 6.45) is 2.25. The summed E-state index contributed by atoms with van der Waals surface area (Å²) in [4.78, 5) is 42.1. The molecule has 226 valence electrons. The maximum atomic E-state index is 15.9. The maximum Gasteiger partial charge on any atom is 0.725 e. The second kappa shape index (κ2) is 12.1. The summed E-state index contributed by atoms with van der Waals surface area (Å²) < 4.78 is 31.1. The molecule has 2 aromatic carbocycles. The quantitative estimate of drug-likeness (QED) is 0.168. The lowest BCUT2D eigenvalue weighted by Gasteiger charge is -2.38. The van der Waals surface area contributed by atoms with Crippen LogP contribution in [0.2, 0.25) is 10.0 Å². The fourth-order valence-corrected chi connectivity index (χ4v) is 7.39. The summed E-state index contributed by atoms with van der Waals surface area (Å²) in [6, 6.07) is 8.11. The monoisotopic (exact) mass is 640 g/mol. The van der Waals surface area contributed by atoms with E-state index in [0.29, 0.717) is 48.4 Å². The lowest BCUT2D eigenvalue weighted by molar-refractivity contribution is -0.252. The molecule has 2 fully saturated rings. The lowest BCUT2D eigenvalue weighted by atomic mass is 9.62. The molecule has 9 nitrogen and oxygen atoms in total. The third-order valence-electron chi connectivity index (χ3n) is 8.48. The molecule has 13 heteroatoms. The molecule has 0 aromatic heterocycles. The third kappa shape index (κ3) is 5.95. The van der Waals surface area contributed by atoms with E-state index in [0.717, 1.165) is 0 Å². The van der Waals surface area contributed by atoms with Crippen molar-refractivity contribution in [3.63, 3.8) is 0 Å². The predicted molar refractivity (Wildman–Crippen MR) is 157 cm³/mol. The Morgan fingerprint density at radius 2 is 1.90 bits per heavy atom. The Morgan fingerprint density at radius 3 is 2.57 bits per heavy atom. The van der Waals surface area contributed by atoms with Crippen LogP contribution >= 0.6 is 31.5 Å². The third-order valence-corrected chi connectivity index (χ3v) is 9.23. The standard InChI is InChI=1S/C29H33Cl2FN3O6P/c1-28(2,3)14-22-29(19-12-7-15(30)13-21(19)34-27(29)37)23(18-5-4-6-20(31)24(18)32)25(35-22)26(36)33-16-8-10-17(11-9-16)40-41-42(38)39/h4-7,12-13,16-17,22-23,25,35H,8-11,14H2,1-3H3,(H2-,33,34,36,37,38,39)/p+1/t16?,17?,22-,23+,25-,29+/m1/s1. The van der Waals surface area contributed by atoms with E-state index in [-0.39, 0.29) is 40.0 Å². The van der Waals surface area contributed by atoms with Crippen LogP contribution in [0.4, 0.5) is 10.1 Å². The van der Waals surface area contributed by atoms with Crippen LogP contribution in [0, 0.1) is 11.2 Å². The van der Waals surface area contributed by atoms with Gasteiger partial charge in [0, 0.05) is 33.3 Å². The number of rotatable bonds is 7. The molecule has 3 aliphatic rings. The fourth-order valence-electron chi connectivity index (χ4n) is 6.84. The Morgan fingerprint density at radius 1 is 1.19 bits per heavy atom. The SMILES string of the molecule is CC(C)(C)C[C@H]1N[C@@H](C(=O)NC2CCC(OO[P+](=O)O)CC2)[C@H](c2cccc(Cl)c2F)[C@@]12C(=O)Nc1cc(Cl)ccc12. The Balaban J connectivity index is 1.54. The molecule has 2 amide bonds. The van der Waals surface area contributed by atoms with Crippen molar-refractivity contribution in [1.82, 2.24) is 10.6 Å². The van der Waals surface area contributed by atoms with E-state index in [1.54, 1.807) is 30.3 Å². The number of anilines is 1. The molecule has 42 heavy (non-hydrogen) atoms. The van der Waals surface area contributed by atoms with Gasteiger partial charge in [-0.15, -0.1) is 4.89 Å². The minimum atomic E-state index is -2.87. The zero-order chi connectivity index (χ0) is 30.4. The molecule has 0 bridgehead atoms. The molecule has 5 rings (SSSR count). The van der Waals surface area contributed by atoms with Gasteiger partial charge >= 0.3 is 8.25 Å². The van der Waals surface area contributed by atoms with Crippen LogP contribution in [0.3, 0.4) is 0 Å². The summed E-state index contributed by atoms with van der Waals surface area (Å²) in [5, 5.41) is 9.90. The van der Waals surface area contributed by atoms with Crippen LogP contribution in [-0.4, -0.2) is 40.9 Å². The highest BCUT2D eigenvalue weighted by molar-refractivity contribution is 7.31. The second-order valence-corrected chi connectivity index (χ2v) is 14.0. The summed E-state index contributed by atoms with van der Waals surface area (Å²) in [5.41, 5.74) is -0.214. The lowest BCUT2D eigenvalue weighted by Crippen LogP contribution is -2.50. The molecule has 5 atom stereocenters. The molecule has 0 radical (unpaired) electrons. The van der Waals surface area contributed by atoms with Gasteiger partial charge in [-0.05, 0) is 66.8 Å². The molecule has 1 saturated heterocycles. The number of hydrogen-bond donors (Lipinski definition) is 4. The molecular weight excluding hydrogens is 607 g/mol. The molecule has 1 aliphatic carbocycles. The number of carbonyl (C=O) groups excluding carboxylic acids is 2. The average Bonchev–Trinajstić information content (AvgIpc) is 3.38. The Hall–Kier alpha value is -2.17. The van der Waals surface area contributed by atoms with Gasteiger partial charge in [0.1, 0.15) is 11.2 Å². The number of carbonyl (C=O) groups is 2. The molecule has 2 aromatic rings. The highest BCUT2D eigenvalue weighted by Gasteiger charge is 2.66. The zero-order valence-corrected chi connectivity index (χ0v) is 25.9. The van der Waals surface area contributed by atoms with Gasteiger partial charge in [-0.1, -0.05) is 62.2 Å². The van der Waals surface area contributed by atoms with Gasteiger partial charge in [0.2, 0.25) is 11.8 Å². The van der Waals surface area contributed by atoms with Crippen molar-refractivity contribution in [3.8, 4) is 0 Å². The molecule has 4 N–H and O–H groups in total. The van der Waals surface area contributed by atoms with Crippen LogP contribution in [-0.2, 0) is 29.1 Å². The average molecular weight is 641 g/mol. The molecular formula is C29H34Cl2FN3O6P+. The first-order valence-electron chi connectivity index (χ1n) is 13.9. The van der Waals surface area contributed by atoms with E-state index < -0.39 is 37.5 Å². The van der Waals surface area contributed by atoms with Crippen molar-refractivity contribution in [2.24, 2.45) is 5.41 Å². The van der Waals surface area contributed by atoms with E-state index >= 15 is 4.39 Å². The minimum absolute atomic E-state index is 0.0963. The van der Waals surface area contributed by atoms with Gasteiger partial charge in [-0.2, -0.15) is 4.89 Å². The van der Waals surface area contributed by atoms with Gasteiger partial charge in [0.25, 0.3) is 0 Å². The van der Waals surface area contributed by atoms with E-state index in [4.69, 9.17) is 33.0 Å². The Labute approximate surface area is 254 Å². The molecule has 2 aliphatic heterocycles. The summed E-state index contributed by atoms with van der Waals surface area (Å²) in [7, 11) is -2.87. The Kier molecular flexibility index (Phi) is 8.99. The smallest absolute Gasteiger partial charge is 0.352 e. The highest BCUT2D eigenvalue weighted by atomic mass is 35.5. The number of halogens is 3. The van der Waals surface area contributed by atoms with Gasteiger partial charge in [0.15, 0.2) is 0 Å². The molecule has 1 spiro atoms. The summed E-state index contributed by atoms with van der Waals surface area (Å²) in [6.45, 7) is 6.16. The zero-order valence-electron chi connectivity index (χ0n) is 23.5. The van der Waals surface area contributed by atoms with Crippen molar-refractivity contribution >= 4 is 49.0 Å². The number of hydrogen-bond acceptors (Lipinski definition) is 6. The normalized spacial score (nSPS) is 29.4. The van der Waals surface area contributed by atoms with E-state index in [9.17, 15) is 14.2 Å². The first-order valence-corrected chi connectivity index (χ1v) is 15.8. The molecule has 1 saturated carbocycles. The maximum absolute atomic E-state index is 15.9. The van der Waals surface area contributed by atoms with Crippen molar-refractivity contribution < 1.29 is 33.0 Å². The van der Waals surface area contributed by atoms with Crippen LogP contribution in [0.15, 0.2) is 36.4 Å². The highest BCUT2D eigenvalue weighted by Crippen LogP contribution is 2.57. The summed E-state index contributed by atoms with van der Waals surface area (Å²) >= 11 is 12.5. The topological polar surface area (TPSA) is 126 Å². The van der Waals surface area contributed by atoms with E-state index in [2.05, 4.69) is 41.4 Å². The molecule has 1 unspecified atom stereocenters. The van der Waals surface area contributed by atoms with Gasteiger partial charge in [-0.25, -0.2) is 4.39 Å². The van der Waals surface area contributed by atoms with Gasteiger partial charge < -0.3 is 16.0 Å². The van der Waals surface area contributed by atoms with Crippen LogP contribution in [0.25, 0.3) is 0 Å². The van der Waals surface area contributed by atoms with E-state index in [1.807, 2.05) is 0 Å². The van der Waals surface area contributed by atoms with Crippen molar-refractivity contribution in [1.29, 1.82) is 0 Å². The first-order chi connectivity index (χ1) is 19.8. The fraction of sp³-hybridized carbons (Fsp3) is 0.517. The largest absolute Gasteiger partial charge is 0.725 e. The van der Waals surface area contributed by atoms with Crippen molar-refractivity contribution in [3.05, 3.63) is 63.4 Å². The number of amides is 2. The number of benzene rings is 2. The summed E-state index contributed by atoms with van der Waals surface area (Å²) in [5.74, 6) is -2.29. The van der Waals surface area contributed by atoms with E-state index in [1.165, 1.54) is 6.07 Å². The van der Waals surface area contributed by atoms with Crippen molar-refractivity contribution in [2.45, 2.75) is 88.4 Å².